The fourth-order valence-corrected chi connectivity index (χ4v) is 3.56. The fourth-order valence-electron chi connectivity index (χ4n) is 3.56. The zero-order valence-electron chi connectivity index (χ0n) is 17.2. The number of rotatable bonds is 9. The van der Waals surface area contributed by atoms with Gasteiger partial charge in [0.25, 0.3) is 0 Å². The van der Waals surface area contributed by atoms with Crippen molar-refractivity contribution >= 4 is 11.7 Å². The molecule has 2 rings (SSSR count). The van der Waals surface area contributed by atoms with Crippen molar-refractivity contribution in [3.63, 3.8) is 0 Å². The predicted molar refractivity (Wildman–Crippen MR) is 107 cm³/mol. The van der Waals surface area contributed by atoms with E-state index in [4.69, 9.17) is 0 Å². The van der Waals surface area contributed by atoms with E-state index in [2.05, 4.69) is 40.7 Å². The van der Waals surface area contributed by atoms with Crippen LogP contribution < -0.4 is 4.90 Å². The summed E-state index contributed by atoms with van der Waals surface area (Å²) in [6, 6.07) is 0. The van der Waals surface area contributed by atoms with Crippen LogP contribution in [-0.2, 0) is 11.3 Å². The van der Waals surface area contributed by atoms with Crippen LogP contribution >= 0.6 is 0 Å². The van der Waals surface area contributed by atoms with Crippen molar-refractivity contribution in [2.24, 2.45) is 17.8 Å². The van der Waals surface area contributed by atoms with Gasteiger partial charge in [-0.1, -0.05) is 27.7 Å². The maximum Gasteiger partial charge on any atom is 0.225 e. The van der Waals surface area contributed by atoms with Crippen molar-refractivity contribution in [1.82, 2.24) is 14.9 Å². The van der Waals surface area contributed by atoms with Gasteiger partial charge in [-0.05, 0) is 44.7 Å². The Labute approximate surface area is 159 Å². The van der Waals surface area contributed by atoms with Gasteiger partial charge >= 0.3 is 0 Å². The lowest BCUT2D eigenvalue weighted by molar-refractivity contribution is -0.122. The molecule has 26 heavy (non-hydrogen) atoms. The summed E-state index contributed by atoms with van der Waals surface area (Å²) in [6.07, 6.45) is 7.96. The molecule has 1 aliphatic heterocycles. The average Bonchev–Trinajstić information content (AvgIpc) is 2.62. The van der Waals surface area contributed by atoms with E-state index in [0.29, 0.717) is 12.2 Å². The summed E-state index contributed by atoms with van der Waals surface area (Å²) in [7, 11) is 2.09. The van der Waals surface area contributed by atoms with Crippen molar-refractivity contribution in [3.8, 4) is 0 Å². The highest BCUT2D eigenvalue weighted by Gasteiger charge is 2.22. The van der Waals surface area contributed by atoms with Crippen LogP contribution in [0.25, 0.3) is 0 Å². The van der Waals surface area contributed by atoms with Gasteiger partial charge in [0.15, 0.2) is 0 Å². The van der Waals surface area contributed by atoms with Crippen LogP contribution in [0.4, 0.5) is 5.95 Å². The molecule has 0 atom stereocenters. The first-order chi connectivity index (χ1) is 12.4. The number of nitrogens with zero attached hydrogens (tertiary/aromatic N) is 4. The quantitative estimate of drug-likeness (QED) is 0.671. The minimum Gasteiger partial charge on any atom is -0.341 e. The number of carbonyl (C=O) groups excluding carboxylic acids is 1. The summed E-state index contributed by atoms with van der Waals surface area (Å²) in [6.45, 7) is 12.4. The Morgan fingerprint density at radius 3 is 2.35 bits per heavy atom. The number of piperidine rings is 1. The Kier molecular flexibility index (Phi) is 8.01. The minimum atomic E-state index is 0.145. The summed E-state index contributed by atoms with van der Waals surface area (Å²) in [4.78, 5) is 25.4. The lowest BCUT2D eigenvalue weighted by Gasteiger charge is -2.33. The monoisotopic (exact) mass is 360 g/mol. The van der Waals surface area contributed by atoms with Gasteiger partial charge in [-0.15, -0.1) is 0 Å². The maximum atomic E-state index is 11.7. The number of ketones is 1. The zero-order valence-corrected chi connectivity index (χ0v) is 17.2. The lowest BCUT2D eigenvalue weighted by atomic mass is 9.87. The number of carbonyl (C=O) groups is 1. The van der Waals surface area contributed by atoms with E-state index in [9.17, 15) is 4.79 Å². The van der Waals surface area contributed by atoms with Gasteiger partial charge in [0, 0.05) is 49.9 Å². The van der Waals surface area contributed by atoms with Crippen molar-refractivity contribution in [2.75, 3.05) is 31.6 Å². The second-order valence-electron chi connectivity index (χ2n) is 8.42. The third kappa shape index (κ3) is 6.35. The summed E-state index contributed by atoms with van der Waals surface area (Å²) in [5.41, 5.74) is 1.13. The molecule has 1 aromatic rings. The van der Waals surface area contributed by atoms with Crippen LogP contribution in [0, 0.1) is 17.8 Å². The Bertz CT molecular complexity index is 548. The first-order valence-electron chi connectivity index (χ1n) is 10.1. The normalized spacial score (nSPS) is 16.1. The zero-order chi connectivity index (χ0) is 19.1. The molecule has 5 nitrogen and oxygen atoms in total. The molecule has 0 aliphatic carbocycles. The second-order valence-corrected chi connectivity index (χ2v) is 8.42. The molecule has 0 bridgehead atoms. The molecule has 1 fully saturated rings. The van der Waals surface area contributed by atoms with E-state index in [1.807, 2.05) is 26.2 Å². The van der Waals surface area contributed by atoms with Crippen LogP contribution in [0.2, 0.25) is 0 Å². The van der Waals surface area contributed by atoms with Gasteiger partial charge in [-0.2, -0.15) is 0 Å². The molecule has 5 heteroatoms. The fraction of sp³-hybridized carbons (Fsp3) is 0.762. The second kappa shape index (κ2) is 10.0. The third-order valence-corrected chi connectivity index (χ3v) is 5.52. The highest BCUT2D eigenvalue weighted by atomic mass is 16.1. The van der Waals surface area contributed by atoms with Gasteiger partial charge in [-0.3, -0.25) is 4.79 Å². The lowest BCUT2D eigenvalue weighted by Crippen LogP contribution is -2.36. The first-order valence-corrected chi connectivity index (χ1v) is 10.1. The molecule has 0 aromatic carbocycles. The molecule has 1 saturated heterocycles. The average molecular weight is 361 g/mol. The molecule has 0 saturated carbocycles. The molecule has 146 valence electrons. The molecule has 1 aromatic heterocycles. The molecule has 0 radical (unpaired) electrons. The Balaban J connectivity index is 1.76. The number of hydrogen-bond acceptors (Lipinski definition) is 5. The highest BCUT2D eigenvalue weighted by molar-refractivity contribution is 5.80. The molecule has 0 N–H and O–H groups in total. The van der Waals surface area contributed by atoms with Crippen molar-refractivity contribution < 1.29 is 4.79 Å². The molecule has 2 heterocycles. The summed E-state index contributed by atoms with van der Waals surface area (Å²) in [5.74, 6) is 2.97. The molecule has 0 spiro atoms. The van der Waals surface area contributed by atoms with Gasteiger partial charge in [0.1, 0.15) is 5.78 Å². The molecular weight excluding hydrogens is 324 g/mol. The molecule has 0 amide bonds. The number of anilines is 1. The van der Waals surface area contributed by atoms with E-state index in [-0.39, 0.29) is 5.92 Å². The summed E-state index contributed by atoms with van der Waals surface area (Å²) >= 11 is 0. The molecule has 1 aliphatic rings. The largest absolute Gasteiger partial charge is 0.341 e. The van der Waals surface area contributed by atoms with Gasteiger partial charge in [0.2, 0.25) is 5.95 Å². The highest BCUT2D eigenvalue weighted by Crippen LogP contribution is 2.26. The van der Waals surface area contributed by atoms with Gasteiger partial charge in [0.05, 0.1) is 0 Å². The molecular formula is C21H36N4O. The standard InChI is InChI=1S/C21H36N4O/c1-16(2)19-8-11-25(12-9-19)21-22-13-18(14-23-21)15-24(5)10-6-7-20(26)17(3)4/h13-14,16-17,19H,6-12,15H2,1-5H3. The van der Waals surface area contributed by atoms with Crippen LogP contribution in [-0.4, -0.2) is 47.3 Å². The van der Waals surface area contributed by atoms with Crippen LogP contribution in [0.15, 0.2) is 12.4 Å². The van der Waals surface area contributed by atoms with E-state index in [0.717, 1.165) is 55.9 Å². The number of hydrogen-bond donors (Lipinski definition) is 0. The van der Waals surface area contributed by atoms with E-state index in [1.54, 1.807) is 0 Å². The Hall–Kier alpha value is -1.49. The SMILES string of the molecule is CC(C)C(=O)CCCN(C)Cc1cnc(N2CCC(C(C)C)CC2)nc1. The minimum absolute atomic E-state index is 0.145. The van der Waals surface area contributed by atoms with Gasteiger partial charge < -0.3 is 9.80 Å². The van der Waals surface area contributed by atoms with Crippen LogP contribution in [0.5, 0.6) is 0 Å². The molecule has 0 unspecified atom stereocenters. The smallest absolute Gasteiger partial charge is 0.225 e. The van der Waals surface area contributed by atoms with E-state index < -0.39 is 0 Å². The Morgan fingerprint density at radius 2 is 1.81 bits per heavy atom. The number of Topliss-reactive ketones (excluding diaryl/α,β-unsaturated/α-hetero) is 1. The van der Waals surface area contributed by atoms with Gasteiger partial charge in [-0.25, -0.2) is 9.97 Å². The van der Waals surface area contributed by atoms with Crippen molar-refractivity contribution in [2.45, 2.75) is 59.9 Å². The van der Waals surface area contributed by atoms with E-state index >= 15 is 0 Å². The third-order valence-electron chi connectivity index (χ3n) is 5.52. The van der Waals surface area contributed by atoms with Crippen molar-refractivity contribution in [3.05, 3.63) is 18.0 Å². The summed E-state index contributed by atoms with van der Waals surface area (Å²) in [5, 5.41) is 0. The Morgan fingerprint density at radius 1 is 1.19 bits per heavy atom. The van der Waals surface area contributed by atoms with Crippen LogP contribution in [0.1, 0.15) is 58.9 Å². The van der Waals surface area contributed by atoms with E-state index in [1.165, 1.54) is 12.8 Å². The van der Waals surface area contributed by atoms with Crippen LogP contribution in [0.3, 0.4) is 0 Å². The summed E-state index contributed by atoms with van der Waals surface area (Å²) < 4.78 is 0. The maximum absolute atomic E-state index is 11.7. The topological polar surface area (TPSA) is 49.3 Å². The predicted octanol–water partition coefficient (Wildman–Crippen LogP) is 3.79. The number of aromatic nitrogens is 2. The first kappa shape index (κ1) is 20.8. The van der Waals surface area contributed by atoms with Crippen molar-refractivity contribution in [1.29, 1.82) is 0 Å².